The molecule has 1 aromatic heterocycles. The largest absolute Gasteiger partial charge is 0.484 e. The molecule has 0 saturated carbocycles. The lowest BCUT2D eigenvalue weighted by molar-refractivity contribution is -0.123. The number of hydrogen-bond donors (Lipinski definition) is 1. The van der Waals surface area contributed by atoms with Gasteiger partial charge in [0, 0.05) is 10.4 Å². The Morgan fingerprint density at radius 3 is 2.54 bits per heavy atom. The summed E-state index contributed by atoms with van der Waals surface area (Å²) in [6, 6.07) is 18.9. The van der Waals surface area contributed by atoms with Crippen molar-refractivity contribution in [3.05, 3.63) is 87.6 Å². The first-order valence-electron chi connectivity index (χ1n) is 9.14. The van der Waals surface area contributed by atoms with E-state index in [-0.39, 0.29) is 24.3 Å². The van der Waals surface area contributed by atoms with Crippen LogP contribution in [-0.4, -0.2) is 18.3 Å². The van der Waals surface area contributed by atoms with E-state index in [0.717, 1.165) is 10.4 Å². The zero-order valence-corrected chi connectivity index (χ0v) is 16.8. The van der Waals surface area contributed by atoms with Crippen LogP contribution in [0, 0.1) is 6.92 Å². The number of carbonyl (C=O) groups is 2. The molecule has 0 aliphatic heterocycles. The molecule has 1 atom stereocenters. The van der Waals surface area contributed by atoms with Gasteiger partial charge in [0.05, 0.1) is 6.04 Å². The van der Waals surface area contributed by atoms with Crippen LogP contribution in [0.2, 0.25) is 0 Å². The first kappa shape index (κ1) is 19.8. The summed E-state index contributed by atoms with van der Waals surface area (Å²) >= 11 is 1.65. The summed E-state index contributed by atoms with van der Waals surface area (Å²) in [5, 5.41) is 5.14. The minimum Gasteiger partial charge on any atom is -0.484 e. The third kappa shape index (κ3) is 5.30. The van der Waals surface area contributed by atoms with E-state index in [1.807, 2.05) is 23.6 Å². The number of thiophene rings is 1. The van der Waals surface area contributed by atoms with Gasteiger partial charge in [0.15, 0.2) is 12.4 Å². The van der Waals surface area contributed by atoms with E-state index in [1.54, 1.807) is 35.6 Å². The highest BCUT2D eigenvalue weighted by Gasteiger charge is 2.19. The smallest absolute Gasteiger partial charge is 0.258 e. The van der Waals surface area contributed by atoms with Crippen LogP contribution in [0.15, 0.2) is 66.0 Å². The molecule has 0 aliphatic carbocycles. The average Bonchev–Trinajstić information content (AvgIpc) is 3.13. The lowest BCUT2D eigenvalue weighted by Gasteiger charge is -2.19. The van der Waals surface area contributed by atoms with Gasteiger partial charge in [-0.3, -0.25) is 9.59 Å². The maximum atomic E-state index is 12.5. The van der Waals surface area contributed by atoms with E-state index in [4.69, 9.17) is 4.74 Å². The fourth-order valence-corrected chi connectivity index (χ4v) is 3.97. The van der Waals surface area contributed by atoms with Crippen LogP contribution in [0.3, 0.4) is 0 Å². The van der Waals surface area contributed by atoms with Gasteiger partial charge in [-0.1, -0.05) is 42.5 Å². The van der Waals surface area contributed by atoms with Crippen molar-refractivity contribution in [2.45, 2.75) is 26.3 Å². The van der Waals surface area contributed by atoms with E-state index in [2.05, 4.69) is 30.4 Å². The molecule has 144 valence electrons. The van der Waals surface area contributed by atoms with Crippen molar-refractivity contribution in [2.75, 3.05) is 6.61 Å². The van der Waals surface area contributed by atoms with Crippen molar-refractivity contribution in [1.29, 1.82) is 0 Å². The van der Waals surface area contributed by atoms with E-state index in [0.29, 0.717) is 17.7 Å². The Hall–Kier alpha value is -2.92. The van der Waals surface area contributed by atoms with Crippen molar-refractivity contribution in [3.8, 4) is 5.75 Å². The second-order valence-electron chi connectivity index (χ2n) is 6.65. The number of rotatable bonds is 8. The molecule has 0 radical (unpaired) electrons. The Kier molecular flexibility index (Phi) is 6.61. The van der Waals surface area contributed by atoms with Crippen LogP contribution in [-0.2, 0) is 11.2 Å². The molecule has 1 heterocycles. The molecule has 0 fully saturated rings. The Morgan fingerprint density at radius 1 is 1.07 bits per heavy atom. The number of ether oxygens (including phenoxy) is 1. The highest BCUT2D eigenvalue weighted by molar-refractivity contribution is 7.10. The molecule has 1 unspecified atom stereocenters. The molecule has 3 aromatic rings. The van der Waals surface area contributed by atoms with Gasteiger partial charge in [-0.2, -0.15) is 0 Å². The number of aryl methyl sites for hydroxylation is 1. The molecule has 1 N–H and O–H groups in total. The van der Waals surface area contributed by atoms with Crippen LogP contribution >= 0.6 is 11.3 Å². The molecular formula is C23H23NO3S. The number of hydrogen-bond acceptors (Lipinski definition) is 4. The molecule has 0 aliphatic rings. The molecular weight excluding hydrogens is 370 g/mol. The minimum atomic E-state index is -0.193. The zero-order chi connectivity index (χ0) is 19.9. The van der Waals surface area contributed by atoms with E-state index >= 15 is 0 Å². The second-order valence-corrected chi connectivity index (χ2v) is 7.60. The quantitative estimate of drug-likeness (QED) is 0.563. The van der Waals surface area contributed by atoms with Crippen molar-refractivity contribution in [1.82, 2.24) is 5.32 Å². The number of ketones is 1. The van der Waals surface area contributed by atoms with Crippen molar-refractivity contribution in [2.24, 2.45) is 0 Å². The fourth-order valence-electron chi connectivity index (χ4n) is 2.99. The number of Topliss-reactive ketones (excluding diaryl/α,β-unsaturated/α-hetero) is 1. The molecule has 0 bridgehead atoms. The lowest BCUT2D eigenvalue weighted by Crippen LogP contribution is -2.33. The molecule has 1 amide bonds. The fraction of sp³-hybridized carbons (Fsp3) is 0.217. The summed E-state index contributed by atoms with van der Waals surface area (Å²) in [4.78, 5) is 25.2. The summed E-state index contributed by atoms with van der Waals surface area (Å²) in [6.45, 7) is 3.46. The van der Waals surface area contributed by atoms with E-state index < -0.39 is 0 Å². The Labute approximate surface area is 169 Å². The predicted octanol–water partition coefficient (Wildman–Crippen LogP) is 4.74. The number of nitrogens with one attached hydrogen (secondary N) is 1. The zero-order valence-electron chi connectivity index (χ0n) is 16.0. The monoisotopic (exact) mass is 393 g/mol. The lowest BCUT2D eigenvalue weighted by atomic mass is 10.0. The molecule has 4 nitrogen and oxygen atoms in total. The summed E-state index contributed by atoms with van der Waals surface area (Å²) in [7, 11) is 0. The summed E-state index contributed by atoms with van der Waals surface area (Å²) < 4.78 is 5.60. The van der Waals surface area contributed by atoms with Gasteiger partial charge < -0.3 is 10.1 Å². The topological polar surface area (TPSA) is 55.4 Å². The minimum absolute atomic E-state index is 0.0361. The summed E-state index contributed by atoms with van der Waals surface area (Å²) in [5.41, 5.74) is 2.89. The Balaban J connectivity index is 1.66. The number of carbonyl (C=O) groups excluding carboxylic acids is 2. The van der Waals surface area contributed by atoms with Gasteiger partial charge >= 0.3 is 0 Å². The third-order valence-corrected chi connectivity index (χ3v) is 5.58. The van der Waals surface area contributed by atoms with Gasteiger partial charge in [-0.15, -0.1) is 11.3 Å². The van der Waals surface area contributed by atoms with E-state index in [1.165, 1.54) is 12.5 Å². The number of benzene rings is 2. The maximum Gasteiger partial charge on any atom is 0.258 e. The van der Waals surface area contributed by atoms with Gasteiger partial charge in [-0.05, 0) is 55.0 Å². The average molecular weight is 394 g/mol. The SMILES string of the molecule is CC(=O)c1cccc(OCC(=O)NC(Cc2ccccc2)c2sccc2C)c1. The van der Waals surface area contributed by atoms with E-state index in [9.17, 15) is 9.59 Å². The van der Waals surface area contributed by atoms with Crippen molar-refractivity contribution in [3.63, 3.8) is 0 Å². The normalized spacial score (nSPS) is 11.6. The van der Waals surface area contributed by atoms with Gasteiger partial charge in [-0.25, -0.2) is 0 Å². The molecule has 2 aromatic carbocycles. The first-order chi connectivity index (χ1) is 13.5. The third-order valence-electron chi connectivity index (χ3n) is 4.45. The molecule has 28 heavy (non-hydrogen) atoms. The van der Waals surface area contributed by atoms with Gasteiger partial charge in [0.2, 0.25) is 0 Å². The highest BCUT2D eigenvalue weighted by atomic mass is 32.1. The Bertz CT molecular complexity index is 949. The molecule has 5 heteroatoms. The standard InChI is InChI=1S/C23H23NO3S/c1-16-11-12-28-23(16)21(13-18-7-4-3-5-8-18)24-22(26)15-27-20-10-6-9-19(14-20)17(2)25/h3-12,14,21H,13,15H2,1-2H3,(H,24,26). The van der Waals surface area contributed by atoms with Crippen LogP contribution in [0.4, 0.5) is 0 Å². The number of amides is 1. The maximum absolute atomic E-state index is 12.5. The van der Waals surface area contributed by atoms with Crippen LogP contribution in [0.5, 0.6) is 5.75 Å². The highest BCUT2D eigenvalue weighted by Crippen LogP contribution is 2.27. The van der Waals surface area contributed by atoms with Gasteiger partial charge in [0.25, 0.3) is 5.91 Å². The molecule has 3 rings (SSSR count). The first-order valence-corrected chi connectivity index (χ1v) is 10.0. The Morgan fingerprint density at radius 2 is 1.86 bits per heavy atom. The van der Waals surface area contributed by atoms with Crippen molar-refractivity contribution < 1.29 is 14.3 Å². The van der Waals surface area contributed by atoms with Crippen molar-refractivity contribution >= 4 is 23.0 Å². The van der Waals surface area contributed by atoms with Crippen LogP contribution in [0.1, 0.15) is 39.3 Å². The van der Waals surface area contributed by atoms with Crippen LogP contribution in [0.25, 0.3) is 0 Å². The predicted molar refractivity (Wildman–Crippen MR) is 112 cm³/mol. The molecule has 0 spiro atoms. The molecule has 0 saturated heterocycles. The second kappa shape index (κ2) is 9.33. The van der Waals surface area contributed by atoms with Gasteiger partial charge in [0.1, 0.15) is 5.75 Å². The van der Waals surface area contributed by atoms with Crippen LogP contribution < -0.4 is 10.1 Å². The summed E-state index contributed by atoms with van der Waals surface area (Å²) in [6.07, 6.45) is 0.716. The summed E-state index contributed by atoms with van der Waals surface area (Å²) in [5.74, 6) is 0.280.